The van der Waals surface area contributed by atoms with Crippen LogP contribution in [0.5, 0.6) is 0 Å². The summed E-state index contributed by atoms with van der Waals surface area (Å²) in [6, 6.07) is 0. The van der Waals surface area contributed by atoms with Gasteiger partial charge in [0.15, 0.2) is 0 Å². The van der Waals surface area contributed by atoms with Crippen LogP contribution in [0.15, 0.2) is 0 Å². The molecule has 1 rings (SSSR count). The van der Waals surface area contributed by atoms with Crippen LogP contribution < -0.4 is 0 Å². The first kappa shape index (κ1) is 14.7. The first-order chi connectivity index (χ1) is 8.08. The Hall–Kier alpha value is -0.410. The van der Waals surface area contributed by atoms with Gasteiger partial charge >= 0.3 is 0 Å². The van der Waals surface area contributed by atoms with Crippen LogP contribution >= 0.6 is 0 Å². The number of rotatable bonds is 7. The monoisotopic (exact) mass is 240 g/mol. The first-order valence-electron chi connectivity index (χ1n) is 6.94. The molecule has 1 heterocycles. The number of ketones is 1. The summed E-state index contributed by atoms with van der Waals surface area (Å²) < 4.78 is 0. The van der Waals surface area contributed by atoms with Crippen molar-refractivity contribution in [2.75, 3.05) is 40.3 Å². The minimum absolute atomic E-state index is 0.322. The summed E-state index contributed by atoms with van der Waals surface area (Å²) in [6.07, 6.45) is 5.64. The molecule has 1 aliphatic rings. The molecular weight excluding hydrogens is 212 g/mol. The molecule has 0 atom stereocenters. The second kappa shape index (κ2) is 7.83. The molecule has 0 aliphatic carbocycles. The number of piperidine rings is 1. The van der Waals surface area contributed by atoms with Crippen molar-refractivity contribution in [1.29, 1.82) is 0 Å². The van der Waals surface area contributed by atoms with E-state index in [2.05, 4.69) is 23.9 Å². The number of Topliss-reactive ketones (excluding diaryl/α,β-unsaturated/α-hetero) is 1. The van der Waals surface area contributed by atoms with Crippen molar-refractivity contribution < 1.29 is 4.79 Å². The van der Waals surface area contributed by atoms with E-state index in [0.717, 1.165) is 31.7 Å². The van der Waals surface area contributed by atoms with E-state index in [1.807, 2.05) is 0 Å². The highest BCUT2D eigenvalue weighted by Gasteiger charge is 2.17. The lowest BCUT2D eigenvalue weighted by molar-refractivity contribution is -0.117. The van der Waals surface area contributed by atoms with Gasteiger partial charge in [-0.25, -0.2) is 0 Å². The third-order valence-electron chi connectivity index (χ3n) is 3.73. The summed E-state index contributed by atoms with van der Waals surface area (Å²) in [7, 11) is 4.42. The van der Waals surface area contributed by atoms with Crippen molar-refractivity contribution in [3.05, 3.63) is 0 Å². The second-order valence-electron chi connectivity index (χ2n) is 5.67. The Morgan fingerprint density at radius 2 is 1.94 bits per heavy atom. The molecule has 0 N–H and O–H groups in total. The van der Waals surface area contributed by atoms with Gasteiger partial charge in [-0.3, -0.25) is 0 Å². The third kappa shape index (κ3) is 6.79. The van der Waals surface area contributed by atoms with Crippen molar-refractivity contribution in [2.45, 2.75) is 39.0 Å². The van der Waals surface area contributed by atoms with E-state index in [1.165, 1.54) is 32.5 Å². The van der Waals surface area contributed by atoms with Gasteiger partial charge in [-0.15, -0.1) is 0 Å². The third-order valence-corrected chi connectivity index (χ3v) is 3.73. The molecule has 1 aliphatic heterocycles. The van der Waals surface area contributed by atoms with E-state index in [-0.39, 0.29) is 0 Å². The zero-order valence-electron chi connectivity index (χ0n) is 11.7. The average Bonchev–Trinajstić information content (AvgIpc) is 2.27. The number of hydrogen-bond donors (Lipinski definition) is 0. The molecule has 0 spiro atoms. The number of carbonyl (C=O) groups excluding carboxylic acids is 1. The Morgan fingerprint density at radius 1 is 1.29 bits per heavy atom. The fourth-order valence-corrected chi connectivity index (χ4v) is 2.53. The Kier molecular flexibility index (Phi) is 6.75. The van der Waals surface area contributed by atoms with Crippen molar-refractivity contribution in [1.82, 2.24) is 9.80 Å². The summed E-state index contributed by atoms with van der Waals surface area (Å²) in [5.41, 5.74) is 0. The van der Waals surface area contributed by atoms with Crippen LogP contribution in [-0.2, 0) is 4.79 Å². The van der Waals surface area contributed by atoms with Crippen LogP contribution in [0, 0.1) is 5.92 Å². The molecule has 17 heavy (non-hydrogen) atoms. The molecule has 0 radical (unpaired) electrons. The zero-order chi connectivity index (χ0) is 12.7. The fraction of sp³-hybridized carbons (Fsp3) is 0.929. The van der Waals surface area contributed by atoms with E-state index < -0.39 is 0 Å². The highest BCUT2D eigenvalue weighted by molar-refractivity contribution is 5.75. The second-order valence-corrected chi connectivity index (χ2v) is 5.67. The summed E-state index contributed by atoms with van der Waals surface area (Å²) in [5.74, 6) is 1.20. The smallest absolute Gasteiger partial charge is 0.129 e. The van der Waals surface area contributed by atoms with Crippen LogP contribution in [-0.4, -0.2) is 55.9 Å². The van der Waals surface area contributed by atoms with Gasteiger partial charge in [-0.2, -0.15) is 0 Å². The lowest BCUT2D eigenvalue weighted by Crippen LogP contribution is -2.36. The van der Waals surface area contributed by atoms with Crippen molar-refractivity contribution in [3.63, 3.8) is 0 Å². The molecule has 0 aromatic carbocycles. The molecule has 0 bridgehead atoms. The summed E-state index contributed by atoms with van der Waals surface area (Å²) in [5, 5.41) is 0. The molecule has 1 fully saturated rings. The van der Waals surface area contributed by atoms with E-state index in [4.69, 9.17) is 0 Å². The van der Waals surface area contributed by atoms with Crippen molar-refractivity contribution in [2.24, 2.45) is 5.92 Å². The van der Waals surface area contributed by atoms with Gasteiger partial charge in [-0.05, 0) is 72.3 Å². The standard InChI is InChI=1S/C14H28N2O/c1-13(17)6-4-5-9-16(3)12-14-7-10-15(2)11-8-14/h14H,4-12H2,1-3H3. The topological polar surface area (TPSA) is 23.6 Å². The van der Waals surface area contributed by atoms with Gasteiger partial charge in [0.05, 0.1) is 0 Å². The summed E-state index contributed by atoms with van der Waals surface area (Å²) in [4.78, 5) is 15.7. The summed E-state index contributed by atoms with van der Waals surface area (Å²) >= 11 is 0. The maximum absolute atomic E-state index is 10.8. The maximum atomic E-state index is 10.8. The Morgan fingerprint density at radius 3 is 2.53 bits per heavy atom. The summed E-state index contributed by atoms with van der Waals surface area (Å²) in [6.45, 7) is 6.56. The quantitative estimate of drug-likeness (QED) is 0.636. The Labute approximate surface area is 106 Å². The number of likely N-dealkylation sites (tertiary alicyclic amines) is 1. The molecule has 0 aromatic rings. The Balaban J connectivity index is 2.04. The van der Waals surface area contributed by atoms with Crippen LogP contribution in [0.25, 0.3) is 0 Å². The van der Waals surface area contributed by atoms with Gasteiger partial charge in [0.25, 0.3) is 0 Å². The lowest BCUT2D eigenvalue weighted by atomic mass is 9.96. The lowest BCUT2D eigenvalue weighted by Gasteiger charge is -2.31. The normalized spacial score (nSPS) is 18.8. The van der Waals surface area contributed by atoms with Gasteiger partial charge in [0.1, 0.15) is 5.78 Å². The van der Waals surface area contributed by atoms with Crippen LogP contribution in [0.1, 0.15) is 39.0 Å². The molecular formula is C14H28N2O. The molecule has 3 heteroatoms. The largest absolute Gasteiger partial charge is 0.306 e. The minimum atomic E-state index is 0.322. The van der Waals surface area contributed by atoms with Crippen molar-refractivity contribution in [3.8, 4) is 0 Å². The number of nitrogens with zero attached hydrogens (tertiary/aromatic N) is 2. The predicted octanol–water partition coefficient (Wildman–Crippen LogP) is 2.02. The van der Waals surface area contributed by atoms with Gasteiger partial charge < -0.3 is 14.6 Å². The maximum Gasteiger partial charge on any atom is 0.129 e. The first-order valence-corrected chi connectivity index (χ1v) is 6.94. The van der Waals surface area contributed by atoms with Gasteiger partial charge in [-0.1, -0.05) is 0 Å². The molecule has 0 amide bonds. The zero-order valence-corrected chi connectivity index (χ0v) is 11.7. The van der Waals surface area contributed by atoms with E-state index in [0.29, 0.717) is 5.78 Å². The highest BCUT2D eigenvalue weighted by Crippen LogP contribution is 2.16. The fourth-order valence-electron chi connectivity index (χ4n) is 2.53. The molecule has 0 aromatic heterocycles. The predicted molar refractivity (Wildman–Crippen MR) is 72.3 cm³/mol. The SMILES string of the molecule is CC(=O)CCCCN(C)CC1CCN(C)CC1. The minimum Gasteiger partial charge on any atom is -0.306 e. The van der Waals surface area contributed by atoms with Crippen LogP contribution in [0.4, 0.5) is 0 Å². The Bertz CT molecular complexity index is 222. The number of carbonyl (C=O) groups is 1. The van der Waals surface area contributed by atoms with Gasteiger partial charge in [0.2, 0.25) is 0 Å². The number of hydrogen-bond acceptors (Lipinski definition) is 3. The highest BCUT2D eigenvalue weighted by atomic mass is 16.1. The van der Waals surface area contributed by atoms with E-state index in [1.54, 1.807) is 6.92 Å². The molecule has 0 unspecified atom stereocenters. The average molecular weight is 240 g/mol. The van der Waals surface area contributed by atoms with E-state index in [9.17, 15) is 4.79 Å². The molecule has 3 nitrogen and oxygen atoms in total. The van der Waals surface area contributed by atoms with Gasteiger partial charge in [0, 0.05) is 13.0 Å². The van der Waals surface area contributed by atoms with Crippen LogP contribution in [0.2, 0.25) is 0 Å². The van der Waals surface area contributed by atoms with Crippen molar-refractivity contribution >= 4 is 5.78 Å². The molecule has 1 saturated heterocycles. The number of unbranched alkanes of at least 4 members (excludes halogenated alkanes) is 1. The molecule has 0 saturated carbocycles. The van der Waals surface area contributed by atoms with E-state index >= 15 is 0 Å². The molecule has 100 valence electrons. The van der Waals surface area contributed by atoms with Crippen LogP contribution in [0.3, 0.4) is 0 Å².